The monoisotopic (exact) mass is 396 g/mol. The smallest absolute Gasteiger partial charge is 0.337 e. The molecule has 2 rings (SSSR count). The molecule has 0 spiro atoms. The van der Waals surface area contributed by atoms with Gasteiger partial charge in [-0.3, -0.25) is 4.79 Å². The summed E-state index contributed by atoms with van der Waals surface area (Å²) in [4.78, 5) is 23.6. The van der Waals surface area contributed by atoms with Crippen molar-refractivity contribution in [3.8, 4) is 0 Å². The fraction of sp³-hybridized carbons (Fsp3) is 0.125. The largest absolute Gasteiger partial charge is 0.465 e. The molecule has 0 aromatic heterocycles. The van der Waals surface area contributed by atoms with Crippen LogP contribution in [0.15, 0.2) is 46.9 Å². The molecule has 1 amide bonds. The summed E-state index contributed by atoms with van der Waals surface area (Å²) in [6, 6.07) is 12.0. The van der Waals surface area contributed by atoms with Crippen molar-refractivity contribution in [2.75, 3.05) is 24.3 Å². The van der Waals surface area contributed by atoms with Crippen molar-refractivity contribution < 1.29 is 14.3 Å². The fourth-order valence-electron chi connectivity index (χ4n) is 1.84. The topological polar surface area (TPSA) is 67.4 Å². The van der Waals surface area contributed by atoms with Crippen LogP contribution in [0.1, 0.15) is 10.4 Å². The molecule has 0 atom stereocenters. The van der Waals surface area contributed by atoms with Crippen molar-refractivity contribution in [2.45, 2.75) is 0 Å². The number of nitrogens with one attached hydrogen (secondary N) is 2. The third-order valence-electron chi connectivity index (χ3n) is 2.97. The van der Waals surface area contributed by atoms with Crippen molar-refractivity contribution in [2.24, 2.45) is 0 Å². The van der Waals surface area contributed by atoms with Crippen LogP contribution in [0.2, 0.25) is 5.02 Å². The maximum atomic E-state index is 12.0. The van der Waals surface area contributed by atoms with E-state index < -0.39 is 5.97 Å². The van der Waals surface area contributed by atoms with Crippen LogP contribution in [0, 0.1) is 0 Å². The van der Waals surface area contributed by atoms with Gasteiger partial charge in [0, 0.05) is 10.2 Å². The molecule has 0 aliphatic rings. The maximum absolute atomic E-state index is 12.0. The highest BCUT2D eigenvalue weighted by atomic mass is 79.9. The molecule has 23 heavy (non-hydrogen) atoms. The first-order chi connectivity index (χ1) is 11.0. The minimum absolute atomic E-state index is 0.0569. The number of rotatable bonds is 5. The quantitative estimate of drug-likeness (QED) is 0.750. The van der Waals surface area contributed by atoms with E-state index in [0.29, 0.717) is 16.3 Å². The van der Waals surface area contributed by atoms with Crippen LogP contribution in [0.3, 0.4) is 0 Å². The van der Waals surface area contributed by atoms with E-state index in [9.17, 15) is 9.59 Å². The molecule has 0 bridgehead atoms. The van der Waals surface area contributed by atoms with E-state index in [4.69, 9.17) is 11.6 Å². The fourth-order valence-corrected chi connectivity index (χ4v) is 2.43. The Labute approximate surface area is 147 Å². The molecule has 2 aromatic rings. The summed E-state index contributed by atoms with van der Waals surface area (Å²) in [7, 11) is 1.29. The van der Waals surface area contributed by atoms with E-state index in [1.165, 1.54) is 25.3 Å². The van der Waals surface area contributed by atoms with E-state index in [2.05, 4.69) is 31.3 Å². The van der Waals surface area contributed by atoms with Crippen molar-refractivity contribution in [3.05, 3.63) is 57.5 Å². The highest BCUT2D eigenvalue weighted by Gasteiger charge is 2.11. The lowest BCUT2D eigenvalue weighted by molar-refractivity contribution is -0.114. The molecule has 0 saturated carbocycles. The van der Waals surface area contributed by atoms with Gasteiger partial charge in [0.1, 0.15) is 0 Å². The second-order valence-corrected chi connectivity index (χ2v) is 5.83. The standard InChI is InChI=1S/C16H14BrClN2O3/c1-23-16(22)10-6-7-12(18)14(8-10)20-15(21)9-19-13-5-3-2-4-11(13)17/h2-8,19H,9H2,1H3,(H,20,21). The Morgan fingerprint density at radius 3 is 2.61 bits per heavy atom. The predicted octanol–water partition coefficient (Wildman–Crippen LogP) is 3.94. The number of hydrogen-bond acceptors (Lipinski definition) is 4. The molecule has 7 heteroatoms. The van der Waals surface area contributed by atoms with Crippen LogP contribution < -0.4 is 10.6 Å². The van der Waals surface area contributed by atoms with E-state index in [1.54, 1.807) is 0 Å². The average Bonchev–Trinajstić information content (AvgIpc) is 2.55. The van der Waals surface area contributed by atoms with Crippen molar-refractivity contribution in [1.82, 2.24) is 0 Å². The van der Waals surface area contributed by atoms with E-state index in [0.717, 1.165) is 10.2 Å². The van der Waals surface area contributed by atoms with Crippen LogP contribution in [0.25, 0.3) is 0 Å². The molecule has 0 saturated heterocycles. The maximum Gasteiger partial charge on any atom is 0.337 e. The number of para-hydroxylation sites is 1. The Kier molecular flexibility index (Phi) is 6.01. The number of ether oxygens (including phenoxy) is 1. The van der Waals surface area contributed by atoms with Gasteiger partial charge >= 0.3 is 5.97 Å². The Balaban J connectivity index is 2.02. The molecule has 2 N–H and O–H groups in total. The van der Waals surface area contributed by atoms with Gasteiger partial charge in [0.2, 0.25) is 5.91 Å². The van der Waals surface area contributed by atoms with Gasteiger partial charge in [0.05, 0.1) is 29.9 Å². The Hall–Kier alpha value is -2.05. The van der Waals surface area contributed by atoms with Gasteiger partial charge in [-0.2, -0.15) is 0 Å². The molecule has 0 radical (unpaired) electrons. The lowest BCUT2D eigenvalue weighted by Crippen LogP contribution is -2.22. The van der Waals surface area contributed by atoms with Crippen molar-refractivity contribution in [1.29, 1.82) is 0 Å². The van der Waals surface area contributed by atoms with Gasteiger partial charge < -0.3 is 15.4 Å². The zero-order valence-corrected chi connectivity index (χ0v) is 14.6. The minimum Gasteiger partial charge on any atom is -0.465 e. The molecular formula is C16H14BrClN2O3. The number of benzene rings is 2. The van der Waals surface area contributed by atoms with E-state index in [1.807, 2.05) is 24.3 Å². The zero-order chi connectivity index (χ0) is 16.8. The summed E-state index contributed by atoms with van der Waals surface area (Å²) in [5, 5.41) is 6.01. The molecule has 0 heterocycles. The lowest BCUT2D eigenvalue weighted by Gasteiger charge is -2.11. The number of hydrogen-bond donors (Lipinski definition) is 2. The van der Waals surface area contributed by atoms with Gasteiger partial charge in [0.15, 0.2) is 0 Å². The van der Waals surface area contributed by atoms with Crippen LogP contribution in [-0.4, -0.2) is 25.5 Å². The van der Waals surface area contributed by atoms with E-state index in [-0.39, 0.29) is 12.5 Å². The first kappa shape index (κ1) is 17.3. The number of halogens is 2. The highest BCUT2D eigenvalue weighted by Crippen LogP contribution is 2.24. The first-order valence-electron chi connectivity index (χ1n) is 6.67. The van der Waals surface area contributed by atoms with Gasteiger partial charge in [-0.1, -0.05) is 23.7 Å². The molecule has 2 aromatic carbocycles. The van der Waals surface area contributed by atoms with Crippen LogP contribution in [0.5, 0.6) is 0 Å². The normalized spacial score (nSPS) is 10.0. The van der Waals surface area contributed by atoms with Crippen LogP contribution in [0.4, 0.5) is 11.4 Å². The third-order valence-corrected chi connectivity index (χ3v) is 4.00. The molecule has 0 aliphatic heterocycles. The highest BCUT2D eigenvalue weighted by molar-refractivity contribution is 9.10. The second kappa shape index (κ2) is 7.99. The van der Waals surface area contributed by atoms with Gasteiger partial charge in [-0.15, -0.1) is 0 Å². The predicted molar refractivity (Wildman–Crippen MR) is 94.1 cm³/mol. The van der Waals surface area contributed by atoms with Gasteiger partial charge in [-0.05, 0) is 46.3 Å². The summed E-state index contributed by atoms with van der Waals surface area (Å²) in [6.45, 7) is 0.0569. The molecule has 0 aliphatic carbocycles. The Morgan fingerprint density at radius 1 is 1.17 bits per heavy atom. The molecule has 5 nitrogen and oxygen atoms in total. The number of esters is 1. The van der Waals surface area contributed by atoms with Gasteiger partial charge in [-0.25, -0.2) is 4.79 Å². The number of carbonyl (C=O) groups is 2. The SMILES string of the molecule is COC(=O)c1ccc(Cl)c(NC(=O)CNc2ccccc2Br)c1. The summed E-state index contributed by atoms with van der Waals surface area (Å²) in [6.07, 6.45) is 0. The third kappa shape index (κ3) is 4.71. The molecule has 0 fully saturated rings. The summed E-state index contributed by atoms with van der Waals surface area (Å²) >= 11 is 9.43. The summed E-state index contributed by atoms with van der Waals surface area (Å²) < 4.78 is 5.50. The first-order valence-corrected chi connectivity index (χ1v) is 7.84. The second-order valence-electron chi connectivity index (χ2n) is 4.57. The molecular weight excluding hydrogens is 384 g/mol. The number of carbonyl (C=O) groups excluding carboxylic acids is 2. The summed E-state index contributed by atoms with van der Waals surface area (Å²) in [5.74, 6) is -0.784. The van der Waals surface area contributed by atoms with Crippen LogP contribution in [-0.2, 0) is 9.53 Å². The number of methoxy groups -OCH3 is 1. The zero-order valence-electron chi connectivity index (χ0n) is 12.2. The number of amides is 1. The average molecular weight is 398 g/mol. The molecule has 0 unspecified atom stereocenters. The Bertz CT molecular complexity index is 737. The molecule has 120 valence electrons. The van der Waals surface area contributed by atoms with Crippen molar-refractivity contribution >= 4 is 50.8 Å². The van der Waals surface area contributed by atoms with Gasteiger partial charge in [0.25, 0.3) is 0 Å². The Morgan fingerprint density at radius 2 is 1.91 bits per heavy atom. The number of anilines is 2. The summed E-state index contributed by atoms with van der Waals surface area (Å²) in [5.41, 5.74) is 1.47. The lowest BCUT2D eigenvalue weighted by atomic mass is 10.2. The van der Waals surface area contributed by atoms with E-state index >= 15 is 0 Å². The minimum atomic E-state index is -0.497. The van der Waals surface area contributed by atoms with Crippen molar-refractivity contribution in [3.63, 3.8) is 0 Å². The van der Waals surface area contributed by atoms with Crippen LogP contribution >= 0.6 is 27.5 Å².